The van der Waals surface area contributed by atoms with Crippen molar-refractivity contribution in [1.82, 2.24) is 0 Å². The SMILES string of the molecule is CCC(=O)OC(=O)C(OC(=O)c1ccc(C(C)C)cc1)c1ccccc1. The minimum Gasteiger partial charge on any atom is -0.442 e. The van der Waals surface area contributed by atoms with Crippen molar-refractivity contribution in [3.8, 4) is 0 Å². The van der Waals surface area contributed by atoms with Crippen LogP contribution in [-0.2, 0) is 19.1 Å². The highest BCUT2D eigenvalue weighted by Crippen LogP contribution is 2.22. The second kappa shape index (κ2) is 8.94. The van der Waals surface area contributed by atoms with Crippen molar-refractivity contribution in [1.29, 1.82) is 0 Å². The lowest BCUT2D eigenvalue weighted by Gasteiger charge is -2.16. The zero-order valence-electron chi connectivity index (χ0n) is 15.1. The topological polar surface area (TPSA) is 69.7 Å². The summed E-state index contributed by atoms with van der Waals surface area (Å²) in [5.41, 5.74) is 1.85. The number of ether oxygens (including phenoxy) is 2. The highest BCUT2D eigenvalue weighted by Gasteiger charge is 2.28. The van der Waals surface area contributed by atoms with Gasteiger partial charge in [0.1, 0.15) is 0 Å². The molecule has 136 valence electrons. The smallest absolute Gasteiger partial charge is 0.359 e. The average Bonchev–Trinajstić information content (AvgIpc) is 2.66. The van der Waals surface area contributed by atoms with Crippen LogP contribution in [0.15, 0.2) is 54.6 Å². The van der Waals surface area contributed by atoms with E-state index in [0.29, 0.717) is 17.0 Å². The lowest BCUT2D eigenvalue weighted by molar-refractivity contribution is -0.166. The Morgan fingerprint density at radius 3 is 2.04 bits per heavy atom. The maximum Gasteiger partial charge on any atom is 0.359 e. The zero-order valence-corrected chi connectivity index (χ0v) is 15.1. The van der Waals surface area contributed by atoms with Gasteiger partial charge in [-0.1, -0.05) is 63.2 Å². The molecule has 0 bridgehead atoms. The third kappa shape index (κ3) is 5.02. The van der Waals surface area contributed by atoms with Gasteiger partial charge in [0, 0.05) is 12.0 Å². The first kappa shape index (κ1) is 19.4. The van der Waals surface area contributed by atoms with Gasteiger partial charge in [0.25, 0.3) is 0 Å². The van der Waals surface area contributed by atoms with Crippen LogP contribution in [0.2, 0.25) is 0 Å². The van der Waals surface area contributed by atoms with Gasteiger partial charge in [-0.25, -0.2) is 9.59 Å². The molecule has 0 saturated heterocycles. The van der Waals surface area contributed by atoms with Gasteiger partial charge in [-0.05, 0) is 23.6 Å². The summed E-state index contributed by atoms with van der Waals surface area (Å²) in [7, 11) is 0. The maximum atomic E-state index is 12.5. The van der Waals surface area contributed by atoms with Crippen LogP contribution in [0.4, 0.5) is 0 Å². The Morgan fingerprint density at radius 1 is 0.885 bits per heavy atom. The van der Waals surface area contributed by atoms with E-state index in [1.165, 1.54) is 0 Å². The van der Waals surface area contributed by atoms with E-state index in [-0.39, 0.29) is 6.42 Å². The van der Waals surface area contributed by atoms with E-state index in [4.69, 9.17) is 9.47 Å². The number of esters is 3. The molecule has 0 aliphatic heterocycles. The molecule has 1 atom stereocenters. The molecule has 0 heterocycles. The van der Waals surface area contributed by atoms with Crippen molar-refractivity contribution in [3.63, 3.8) is 0 Å². The van der Waals surface area contributed by atoms with Crippen molar-refractivity contribution in [2.24, 2.45) is 0 Å². The van der Waals surface area contributed by atoms with Crippen LogP contribution in [0, 0.1) is 0 Å². The van der Waals surface area contributed by atoms with E-state index in [0.717, 1.165) is 5.56 Å². The summed E-state index contributed by atoms with van der Waals surface area (Å²) in [6, 6.07) is 15.5. The maximum absolute atomic E-state index is 12.5. The second-order valence-corrected chi connectivity index (χ2v) is 6.12. The van der Waals surface area contributed by atoms with Gasteiger partial charge in [0.2, 0.25) is 6.10 Å². The molecule has 0 aliphatic rings. The number of carbonyl (C=O) groups excluding carboxylic acids is 3. The van der Waals surface area contributed by atoms with Crippen LogP contribution < -0.4 is 0 Å². The van der Waals surface area contributed by atoms with Crippen molar-refractivity contribution < 1.29 is 23.9 Å². The third-order valence-corrected chi connectivity index (χ3v) is 3.86. The monoisotopic (exact) mass is 354 g/mol. The number of hydrogen-bond donors (Lipinski definition) is 0. The quantitative estimate of drug-likeness (QED) is 0.575. The molecule has 0 amide bonds. The number of hydrogen-bond acceptors (Lipinski definition) is 5. The highest BCUT2D eigenvalue weighted by molar-refractivity contribution is 5.94. The molecule has 26 heavy (non-hydrogen) atoms. The van der Waals surface area contributed by atoms with Crippen LogP contribution >= 0.6 is 0 Å². The Balaban J connectivity index is 2.21. The fourth-order valence-electron chi connectivity index (χ4n) is 2.30. The molecule has 1 unspecified atom stereocenters. The molecule has 0 aliphatic carbocycles. The first-order valence-corrected chi connectivity index (χ1v) is 8.52. The average molecular weight is 354 g/mol. The lowest BCUT2D eigenvalue weighted by Crippen LogP contribution is -2.24. The van der Waals surface area contributed by atoms with Crippen molar-refractivity contribution in [2.75, 3.05) is 0 Å². The second-order valence-electron chi connectivity index (χ2n) is 6.12. The summed E-state index contributed by atoms with van der Waals surface area (Å²) in [4.78, 5) is 36.2. The van der Waals surface area contributed by atoms with E-state index < -0.39 is 24.0 Å². The summed E-state index contributed by atoms with van der Waals surface area (Å²) >= 11 is 0. The van der Waals surface area contributed by atoms with Crippen LogP contribution in [-0.4, -0.2) is 17.9 Å². The van der Waals surface area contributed by atoms with E-state index in [2.05, 4.69) is 13.8 Å². The Labute approximate surface area is 152 Å². The third-order valence-electron chi connectivity index (χ3n) is 3.86. The van der Waals surface area contributed by atoms with Crippen molar-refractivity contribution in [2.45, 2.75) is 39.2 Å². The zero-order chi connectivity index (χ0) is 19.1. The molecular weight excluding hydrogens is 332 g/mol. The van der Waals surface area contributed by atoms with Gasteiger partial charge in [0.15, 0.2) is 0 Å². The van der Waals surface area contributed by atoms with Gasteiger partial charge in [-0.3, -0.25) is 4.79 Å². The highest BCUT2D eigenvalue weighted by atomic mass is 16.6. The van der Waals surface area contributed by atoms with Crippen LogP contribution in [0.3, 0.4) is 0 Å². The summed E-state index contributed by atoms with van der Waals surface area (Å²) in [5.74, 6) is -1.90. The number of carbonyl (C=O) groups is 3. The molecule has 5 nitrogen and oxygen atoms in total. The fraction of sp³-hybridized carbons (Fsp3) is 0.286. The van der Waals surface area contributed by atoms with Gasteiger partial charge < -0.3 is 9.47 Å². The summed E-state index contributed by atoms with van der Waals surface area (Å²) in [6.45, 7) is 5.69. The molecule has 2 aromatic rings. The molecule has 0 saturated carbocycles. The largest absolute Gasteiger partial charge is 0.442 e. The van der Waals surface area contributed by atoms with Crippen LogP contribution in [0.25, 0.3) is 0 Å². The molecule has 0 N–H and O–H groups in total. The molecular formula is C21H22O5. The minimum atomic E-state index is -1.30. The Kier molecular flexibility index (Phi) is 6.67. The minimum absolute atomic E-state index is 0.0534. The predicted molar refractivity (Wildman–Crippen MR) is 96.5 cm³/mol. The number of rotatable bonds is 6. The molecule has 0 spiro atoms. The Hall–Kier alpha value is -2.95. The molecule has 0 radical (unpaired) electrons. The Bertz CT molecular complexity index is 763. The van der Waals surface area contributed by atoms with Gasteiger partial charge in [-0.2, -0.15) is 0 Å². The van der Waals surface area contributed by atoms with Gasteiger partial charge in [-0.15, -0.1) is 0 Å². The summed E-state index contributed by atoms with van der Waals surface area (Å²) in [6.07, 6.45) is -1.25. The summed E-state index contributed by atoms with van der Waals surface area (Å²) < 4.78 is 10.1. The van der Waals surface area contributed by atoms with Crippen LogP contribution in [0.1, 0.15) is 60.7 Å². The first-order chi connectivity index (χ1) is 12.4. The van der Waals surface area contributed by atoms with Gasteiger partial charge in [0.05, 0.1) is 5.56 Å². The Morgan fingerprint density at radius 2 is 1.50 bits per heavy atom. The van der Waals surface area contributed by atoms with Gasteiger partial charge >= 0.3 is 17.9 Å². The first-order valence-electron chi connectivity index (χ1n) is 8.52. The standard InChI is InChI=1S/C21H22O5/c1-4-18(22)25-21(24)19(16-8-6-5-7-9-16)26-20(23)17-12-10-15(11-13-17)14(2)3/h5-14,19H,4H2,1-3H3. The van der Waals surface area contributed by atoms with E-state index >= 15 is 0 Å². The molecule has 2 rings (SSSR count). The van der Waals surface area contributed by atoms with E-state index in [1.54, 1.807) is 49.4 Å². The summed E-state index contributed by atoms with van der Waals surface area (Å²) in [5, 5.41) is 0. The number of benzene rings is 2. The molecule has 0 fully saturated rings. The molecule has 0 aromatic heterocycles. The van der Waals surface area contributed by atoms with Crippen molar-refractivity contribution >= 4 is 17.9 Å². The fourth-order valence-corrected chi connectivity index (χ4v) is 2.30. The normalized spacial score (nSPS) is 11.7. The van der Waals surface area contributed by atoms with E-state index in [9.17, 15) is 14.4 Å². The van der Waals surface area contributed by atoms with Crippen LogP contribution in [0.5, 0.6) is 0 Å². The van der Waals surface area contributed by atoms with E-state index in [1.807, 2.05) is 12.1 Å². The van der Waals surface area contributed by atoms with Crippen molar-refractivity contribution in [3.05, 3.63) is 71.3 Å². The molecule has 5 heteroatoms. The predicted octanol–water partition coefficient (Wildman–Crippen LogP) is 4.19. The lowest BCUT2D eigenvalue weighted by atomic mass is 10.0. The molecule has 2 aromatic carbocycles.